The van der Waals surface area contributed by atoms with E-state index in [2.05, 4.69) is 31.8 Å². The highest BCUT2D eigenvalue weighted by Gasteiger charge is 2.11. The first-order chi connectivity index (χ1) is 11.0. The number of ether oxygens (including phenoxy) is 1. The zero-order valence-corrected chi connectivity index (χ0v) is 14.4. The number of halogens is 2. The Labute approximate surface area is 146 Å². The van der Waals surface area contributed by atoms with Crippen molar-refractivity contribution in [2.24, 2.45) is 0 Å². The molecule has 0 spiro atoms. The summed E-state index contributed by atoms with van der Waals surface area (Å²) in [7, 11) is 0. The largest absolute Gasteiger partial charge is 0.482 e. The maximum absolute atomic E-state index is 11.7. The molecule has 2 aromatic rings. The monoisotopic (exact) mass is 397 g/mol. The molecule has 6 nitrogen and oxygen atoms in total. The maximum atomic E-state index is 11.7. The van der Waals surface area contributed by atoms with Gasteiger partial charge < -0.3 is 4.74 Å². The molecule has 0 bridgehead atoms. The molecule has 1 aromatic carbocycles. The van der Waals surface area contributed by atoms with Crippen LogP contribution in [-0.2, 0) is 4.79 Å². The molecular formula is C15H13BrClN3O3. The van der Waals surface area contributed by atoms with E-state index in [0.717, 1.165) is 10.0 Å². The van der Waals surface area contributed by atoms with Crippen molar-refractivity contribution >= 4 is 39.3 Å². The molecule has 0 fully saturated rings. The van der Waals surface area contributed by atoms with Crippen LogP contribution in [0.5, 0.6) is 5.75 Å². The van der Waals surface area contributed by atoms with Crippen LogP contribution in [0, 0.1) is 6.92 Å². The molecule has 2 amide bonds. The Kier molecular flexibility index (Phi) is 5.95. The van der Waals surface area contributed by atoms with Gasteiger partial charge in [-0.2, -0.15) is 0 Å². The summed E-state index contributed by atoms with van der Waals surface area (Å²) >= 11 is 9.38. The van der Waals surface area contributed by atoms with Crippen molar-refractivity contribution in [3.63, 3.8) is 0 Å². The summed E-state index contributed by atoms with van der Waals surface area (Å²) in [6, 6.07) is 6.56. The Bertz CT molecular complexity index is 702. The number of aromatic nitrogens is 1. The average molecular weight is 399 g/mol. The lowest BCUT2D eigenvalue weighted by atomic mass is 10.2. The van der Waals surface area contributed by atoms with Crippen molar-refractivity contribution < 1.29 is 14.3 Å². The quantitative estimate of drug-likeness (QED) is 0.776. The molecule has 1 heterocycles. The fourth-order valence-electron chi connectivity index (χ4n) is 1.75. The molecular weight excluding hydrogens is 386 g/mol. The number of nitrogens with zero attached hydrogens (tertiary/aromatic N) is 1. The van der Waals surface area contributed by atoms with Crippen LogP contribution in [0.25, 0.3) is 0 Å². The molecule has 120 valence electrons. The van der Waals surface area contributed by atoms with Crippen LogP contribution in [0.3, 0.4) is 0 Å². The van der Waals surface area contributed by atoms with Crippen molar-refractivity contribution in [3.05, 3.63) is 57.3 Å². The molecule has 2 rings (SSSR count). The van der Waals surface area contributed by atoms with Gasteiger partial charge in [-0.15, -0.1) is 0 Å². The second-order valence-corrected chi connectivity index (χ2v) is 5.88. The van der Waals surface area contributed by atoms with E-state index in [9.17, 15) is 9.59 Å². The summed E-state index contributed by atoms with van der Waals surface area (Å²) in [4.78, 5) is 27.3. The van der Waals surface area contributed by atoms with Crippen molar-refractivity contribution in [2.45, 2.75) is 6.92 Å². The van der Waals surface area contributed by atoms with Crippen molar-refractivity contribution in [2.75, 3.05) is 6.61 Å². The number of rotatable bonds is 4. The highest BCUT2D eigenvalue weighted by molar-refractivity contribution is 9.10. The average Bonchev–Trinajstić information content (AvgIpc) is 2.52. The Morgan fingerprint density at radius 2 is 1.96 bits per heavy atom. The molecule has 0 saturated carbocycles. The summed E-state index contributed by atoms with van der Waals surface area (Å²) in [5, 5.41) is 0.394. The van der Waals surface area contributed by atoms with Crippen LogP contribution in [0.15, 0.2) is 41.1 Å². The van der Waals surface area contributed by atoms with Gasteiger partial charge in [0.15, 0.2) is 6.61 Å². The second-order valence-electron chi connectivity index (χ2n) is 4.56. The van der Waals surface area contributed by atoms with Gasteiger partial charge in [0.1, 0.15) is 5.75 Å². The minimum absolute atomic E-state index is 0.279. The Morgan fingerprint density at radius 3 is 2.61 bits per heavy atom. The van der Waals surface area contributed by atoms with Gasteiger partial charge in [-0.25, -0.2) is 0 Å². The molecule has 23 heavy (non-hydrogen) atoms. The van der Waals surface area contributed by atoms with Gasteiger partial charge in [0.05, 0.1) is 5.02 Å². The molecule has 1 aromatic heterocycles. The first-order valence-corrected chi connectivity index (χ1v) is 7.72. The van der Waals surface area contributed by atoms with Gasteiger partial charge in [0, 0.05) is 22.4 Å². The number of aryl methyl sites for hydroxylation is 1. The molecule has 0 aliphatic heterocycles. The highest BCUT2D eigenvalue weighted by Crippen LogP contribution is 2.31. The minimum Gasteiger partial charge on any atom is -0.482 e. The number of amides is 2. The van der Waals surface area contributed by atoms with E-state index in [4.69, 9.17) is 16.3 Å². The van der Waals surface area contributed by atoms with Gasteiger partial charge in [-0.1, -0.05) is 27.5 Å². The van der Waals surface area contributed by atoms with Crippen LogP contribution in [0.2, 0.25) is 5.02 Å². The molecule has 0 aliphatic carbocycles. The van der Waals surface area contributed by atoms with Crippen LogP contribution >= 0.6 is 27.5 Å². The molecule has 0 atom stereocenters. The zero-order valence-electron chi connectivity index (χ0n) is 12.1. The van der Waals surface area contributed by atoms with E-state index in [1.54, 1.807) is 6.07 Å². The van der Waals surface area contributed by atoms with E-state index in [1.165, 1.54) is 24.5 Å². The first-order valence-electron chi connectivity index (χ1n) is 6.55. The third-order valence-corrected chi connectivity index (χ3v) is 3.54. The number of hydrogen-bond acceptors (Lipinski definition) is 4. The summed E-state index contributed by atoms with van der Waals surface area (Å²) in [6.07, 6.45) is 2.97. The van der Waals surface area contributed by atoms with Crippen molar-refractivity contribution in [3.8, 4) is 5.75 Å². The fourth-order valence-corrected chi connectivity index (χ4v) is 2.77. The summed E-state index contributed by atoms with van der Waals surface area (Å²) < 4.78 is 6.22. The van der Waals surface area contributed by atoms with Crippen molar-refractivity contribution in [1.29, 1.82) is 0 Å². The fraction of sp³-hybridized carbons (Fsp3) is 0.133. The standard InChI is InChI=1S/C15H13BrClN3O3/c1-9-6-11(16)7-12(17)14(9)23-8-13(21)19-20-15(22)10-2-4-18-5-3-10/h2-7H,8H2,1H3,(H,19,21)(H,20,22). The molecule has 2 N–H and O–H groups in total. The van der Waals surface area contributed by atoms with Crippen LogP contribution in [0.1, 0.15) is 15.9 Å². The minimum atomic E-state index is -0.509. The van der Waals surface area contributed by atoms with E-state index in [0.29, 0.717) is 16.3 Å². The predicted molar refractivity (Wildman–Crippen MR) is 89.2 cm³/mol. The third-order valence-electron chi connectivity index (χ3n) is 2.80. The number of benzene rings is 1. The lowest BCUT2D eigenvalue weighted by Gasteiger charge is -2.12. The Balaban J connectivity index is 1.85. The third kappa shape index (κ3) is 4.94. The number of carbonyl (C=O) groups excluding carboxylic acids is 2. The first kappa shape index (κ1) is 17.2. The topological polar surface area (TPSA) is 80.3 Å². The number of hydrogen-bond donors (Lipinski definition) is 2. The summed E-state index contributed by atoms with van der Waals surface area (Å²) in [5.74, 6) is -0.533. The van der Waals surface area contributed by atoms with E-state index < -0.39 is 11.8 Å². The smallest absolute Gasteiger partial charge is 0.276 e. The van der Waals surface area contributed by atoms with Gasteiger partial charge in [-0.3, -0.25) is 25.4 Å². The van der Waals surface area contributed by atoms with Gasteiger partial charge in [0.25, 0.3) is 11.8 Å². The van der Waals surface area contributed by atoms with E-state index >= 15 is 0 Å². The molecule has 0 saturated heterocycles. The van der Waals surface area contributed by atoms with Gasteiger partial charge in [-0.05, 0) is 36.8 Å². The lowest BCUT2D eigenvalue weighted by Crippen LogP contribution is -2.43. The highest BCUT2D eigenvalue weighted by atomic mass is 79.9. The second kappa shape index (κ2) is 7.94. The SMILES string of the molecule is Cc1cc(Br)cc(Cl)c1OCC(=O)NNC(=O)c1ccncc1. The number of nitrogens with one attached hydrogen (secondary N) is 2. The van der Waals surface area contributed by atoms with Gasteiger partial charge >= 0.3 is 0 Å². The molecule has 8 heteroatoms. The number of hydrazine groups is 1. The van der Waals surface area contributed by atoms with E-state index in [-0.39, 0.29) is 6.61 Å². The zero-order chi connectivity index (χ0) is 16.8. The summed E-state index contributed by atoms with van der Waals surface area (Å²) in [6.45, 7) is 1.54. The van der Waals surface area contributed by atoms with Crippen LogP contribution < -0.4 is 15.6 Å². The lowest BCUT2D eigenvalue weighted by molar-refractivity contribution is -0.123. The predicted octanol–water partition coefficient (Wildman–Crippen LogP) is 2.65. The molecule has 0 radical (unpaired) electrons. The Morgan fingerprint density at radius 1 is 1.26 bits per heavy atom. The Hall–Kier alpha value is -2.12. The van der Waals surface area contributed by atoms with Crippen LogP contribution in [0.4, 0.5) is 0 Å². The number of pyridine rings is 1. The maximum Gasteiger partial charge on any atom is 0.276 e. The molecule has 0 aliphatic rings. The van der Waals surface area contributed by atoms with Crippen molar-refractivity contribution in [1.82, 2.24) is 15.8 Å². The van der Waals surface area contributed by atoms with E-state index in [1.807, 2.05) is 13.0 Å². The molecule has 0 unspecified atom stereocenters. The van der Waals surface area contributed by atoms with Crippen LogP contribution in [-0.4, -0.2) is 23.4 Å². The normalized spacial score (nSPS) is 10.0. The summed E-state index contributed by atoms with van der Waals surface area (Å²) in [5.41, 5.74) is 5.72. The number of carbonyl (C=O) groups is 2. The van der Waals surface area contributed by atoms with Gasteiger partial charge in [0.2, 0.25) is 0 Å².